The lowest BCUT2D eigenvalue weighted by molar-refractivity contribution is -0.112. The van der Waals surface area contributed by atoms with Gasteiger partial charge >= 0.3 is 5.97 Å². The molecule has 172 valence electrons. The van der Waals surface area contributed by atoms with E-state index in [9.17, 15) is 14.9 Å². The minimum Gasteiger partial charge on any atom is -0.493 e. The predicted octanol–water partition coefficient (Wildman–Crippen LogP) is 5.43. The van der Waals surface area contributed by atoms with Crippen LogP contribution in [0.2, 0.25) is 0 Å². The quantitative estimate of drug-likeness (QED) is 0.213. The summed E-state index contributed by atoms with van der Waals surface area (Å²) in [5.74, 6) is -0.550. The summed E-state index contributed by atoms with van der Waals surface area (Å²) >= 11 is 2.09. The second kappa shape index (κ2) is 11.3. The Morgan fingerprint density at radius 2 is 1.88 bits per heavy atom. The summed E-state index contributed by atoms with van der Waals surface area (Å²) in [7, 11) is 1.50. The maximum absolute atomic E-state index is 12.6. The van der Waals surface area contributed by atoms with Crippen molar-refractivity contribution in [3.8, 4) is 17.6 Å². The number of aromatic carboxylic acids is 1. The van der Waals surface area contributed by atoms with Crippen LogP contribution < -0.4 is 14.8 Å². The summed E-state index contributed by atoms with van der Waals surface area (Å²) in [6.45, 7) is 2.13. The van der Waals surface area contributed by atoms with Gasteiger partial charge in [0.1, 0.15) is 18.2 Å². The van der Waals surface area contributed by atoms with E-state index in [2.05, 4.69) is 27.9 Å². The Bertz CT molecular complexity index is 1290. The van der Waals surface area contributed by atoms with Crippen LogP contribution >= 0.6 is 22.6 Å². The van der Waals surface area contributed by atoms with Gasteiger partial charge in [-0.3, -0.25) is 4.79 Å². The first-order chi connectivity index (χ1) is 16.3. The van der Waals surface area contributed by atoms with Gasteiger partial charge in [0.15, 0.2) is 11.5 Å². The third-order valence-corrected chi connectivity index (χ3v) is 5.59. The Morgan fingerprint density at radius 3 is 2.50 bits per heavy atom. The lowest BCUT2D eigenvalue weighted by Crippen LogP contribution is -2.13. The molecular weight excluding hydrogens is 547 g/mol. The SMILES string of the molecule is COc1cc(/C=C(/C#N)C(=O)Nc2cccc(C)c2)cc(I)c1OCc1ccc(C(=O)O)cc1. The maximum Gasteiger partial charge on any atom is 0.335 e. The number of carbonyl (C=O) groups is 2. The minimum atomic E-state index is -0.989. The second-order valence-corrected chi connectivity index (χ2v) is 8.48. The molecular formula is C26H21IN2O5. The number of nitrogens with one attached hydrogen (secondary N) is 1. The molecule has 0 aliphatic heterocycles. The molecule has 0 bridgehead atoms. The van der Waals surface area contributed by atoms with Crippen molar-refractivity contribution in [1.29, 1.82) is 5.26 Å². The lowest BCUT2D eigenvalue weighted by Gasteiger charge is -2.14. The van der Waals surface area contributed by atoms with Gasteiger partial charge < -0.3 is 19.9 Å². The molecule has 3 aromatic rings. The molecule has 0 unspecified atom stereocenters. The first kappa shape index (κ1) is 24.8. The number of carbonyl (C=O) groups excluding carboxylic acids is 1. The van der Waals surface area contributed by atoms with Crippen LogP contribution in [-0.2, 0) is 11.4 Å². The van der Waals surface area contributed by atoms with Crippen LogP contribution in [0.3, 0.4) is 0 Å². The average Bonchev–Trinajstić information content (AvgIpc) is 2.81. The fraction of sp³-hybridized carbons (Fsp3) is 0.115. The van der Waals surface area contributed by atoms with Gasteiger partial charge in [-0.25, -0.2) is 4.79 Å². The predicted molar refractivity (Wildman–Crippen MR) is 137 cm³/mol. The number of ether oxygens (including phenoxy) is 2. The topological polar surface area (TPSA) is 109 Å². The highest BCUT2D eigenvalue weighted by Gasteiger charge is 2.14. The van der Waals surface area contributed by atoms with Crippen LogP contribution in [0.15, 0.2) is 66.2 Å². The third kappa shape index (κ3) is 6.36. The normalized spacial score (nSPS) is 10.8. The zero-order valence-electron chi connectivity index (χ0n) is 18.5. The molecule has 0 heterocycles. The molecule has 2 N–H and O–H groups in total. The van der Waals surface area contributed by atoms with Crippen LogP contribution in [0, 0.1) is 21.8 Å². The third-order valence-electron chi connectivity index (χ3n) is 4.79. The van der Waals surface area contributed by atoms with Gasteiger partial charge in [0.25, 0.3) is 5.91 Å². The van der Waals surface area contributed by atoms with E-state index in [0.717, 1.165) is 14.7 Å². The van der Waals surface area contributed by atoms with Crippen LogP contribution in [0.4, 0.5) is 5.69 Å². The smallest absolute Gasteiger partial charge is 0.335 e. The van der Waals surface area contributed by atoms with Gasteiger partial charge in [0.05, 0.1) is 16.2 Å². The van der Waals surface area contributed by atoms with Gasteiger partial charge in [-0.05, 0) is 88.7 Å². The number of benzene rings is 3. The highest BCUT2D eigenvalue weighted by Crippen LogP contribution is 2.35. The van der Waals surface area contributed by atoms with Gasteiger partial charge in [-0.15, -0.1) is 0 Å². The summed E-state index contributed by atoms with van der Waals surface area (Å²) < 4.78 is 12.1. The summed E-state index contributed by atoms with van der Waals surface area (Å²) in [6, 6.07) is 19.1. The van der Waals surface area contributed by atoms with E-state index in [-0.39, 0.29) is 17.7 Å². The standard InChI is InChI=1S/C26H21IN2O5/c1-16-4-3-5-21(10-16)29-25(30)20(14-28)11-18-12-22(27)24(23(13-18)33-2)34-15-17-6-8-19(9-7-17)26(31)32/h3-13H,15H2,1-2H3,(H,29,30)(H,31,32)/b20-11-. The Hall–Kier alpha value is -3.84. The Morgan fingerprint density at radius 1 is 1.15 bits per heavy atom. The summed E-state index contributed by atoms with van der Waals surface area (Å²) in [5, 5.41) is 21.3. The number of carboxylic acid groups (broad SMARTS) is 1. The van der Waals surface area contributed by atoms with Crippen molar-refractivity contribution >= 4 is 46.2 Å². The van der Waals surface area contributed by atoms with E-state index in [0.29, 0.717) is 22.7 Å². The van der Waals surface area contributed by atoms with Crippen LogP contribution in [0.5, 0.6) is 11.5 Å². The molecule has 34 heavy (non-hydrogen) atoms. The molecule has 0 aromatic heterocycles. The van der Waals surface area contributed by atoms with Crippen LogP contribution in [0.25, 0.3) is 6.08 Å². The summed E-state index contributed by atoms with van der Waals surface area (Å²) in [4.78, 5) is 23.6. The minimum absolute atomic E-state index is 0.0495. The van der Waals surface area contributed by atoms with E-state index in [1.54, 1.807) is 30.3 Å². The van der Waals surface area contributed by atoms with E-state index < -0.39 is 11.9 Å². The number of nitrogens with zero attached hydrogens (tertiary/aromatic N) is 1. The van der Waals surface area contributed by atoms with Crippen molar-refractivity contribution in [1.82, 2.24) is 0 Å². The number of hydrogen-bond acceptors (Lipinski definition) is 5. The van der Waals surface area contributed by atoms with Gasteiger partial charge in [-0.1, -0.05) is 24.3 Å². The van der Waals surface area contributed by atoms with Crippen molar-refractivity contribution in [2.75, 3.05) is 12.4 Å². The molecule has 7 nitrogen and oxygen atoms in total. The average molecular weight is 568 g/mol. The monoisotopic (exact) mass is 568 g/mol. The molecule has 1 amide bonds. The largest absolute Gasteiger partial charge is 0.493 e. The van der Waals surface area contributed by atoms with Crippen molar-refractivity contribution in [2.24, 2.45) is 0 Å². The fourth-order valence-corrected chi connectivity index (χ4v) is 3.88. The highest BCUT2D eigenvalue weighted by atomic mass is 127. The molecule has 3 aromatic carbocycles. The van der Waals surface area contributed by atoms with E-state index in [1.165, 1.54) is 25.3 Å². The summed E-state index contributed by atoms with van der Waals surface area (Å²) in [6.07, 6.45) is 1.49. The Balaban J connectivity index is 1.79. The maximum atomic E-state index is 12.6. The summed E-state index contributed by atoms with van der Waals surface area (Å²) in [5.41, 5.74) is 3.16. The Kier molecular flexibility index (Phi) is 8.27. The number of anilines is 1. The van der Waals surface area contributed by atoms with Crippen molar-refractivity contribution in [3.63, 3.8) is 0 Å². The number of halogens is 1. The van der Waals surface area contributed by atoms with Crippen LogP contribution in [-0.4, -0.2) is 24.1 Å². The fourth-order valence-electron chi connectivity index (χ4n) is 3.10. The van der Waals surface area contributed by atoms with Crippen molar-refractivity contribution in [3.05, 3.63) is 92.1 Å². The Labute approximate surface area is 210 Å². The zero-order valence-corrected chi connectivity index (χ0v) is 20.6. The molecule has 0 atom stereocenters. The highest BCUT2D eigenvalue weighted by molar-refractivity contribution is 14.1. The van der Waals surface area contributed by atoms with E-state index in [4.69, 9.17) is 14.6 Å². The van der Waals surface area contributed by atoms with Gasteiger partial charge in [-0.2, -0.15) is 5.26 Å². The number of carboxylic acids is 1. The van der Waals surface area contributed by atoms with Crippen LogP contribution in [0.1, 0.15) is 27.0 Å². The lowest BCUT2D eigenvalue weighted by atomic mass is 10.1. The van der Waals surface area contributed by atoms with Gasteiger partial charge in [0.2, 0.25) is 0 Å². The van der Waals surface area contributed by atoms with E-state index in [1.807, 2.05) is 31.2 Å². The molecule has 0 aliphatic carbocycles. The van der Waals surface area contributed by atoms with Gasteiger partial charge in [0, 0.05) is 5.69 Å². The van der Waals surface area contributed by atoms with Crippen molar-refractivity contribution in [2.45, 2.75) is 13.5 Å². The molecule has 0 saturated heterocycles. The number of aryl methyl sites for hydroxylation is 1. The molecule has 0 radical (unpaired) electrons. The number of methoxy groups -OCH3 is 1. The first-order valence-electron chi connectivity index (χ1n) is 10.1. The first-order valence-corrected chi connectivity index (χ1v) is 11.2. The number of amides is 1. The van der Waals surface area contributed by atoms with E-state index >= 15 is 0 Å². The number of nitriles is 1. The number of rotatable bonds is 8. The van der Waals surface area contributed by atoms with Crippen molar-refractivity contribution < 1.29 is 24.2 Å². The molecule has 8 heteroatoms. The molecule has 0 aliphatic rings. The molecule has 0 saturated carbocycles. The zero-order chi connectivity index (χ0) is 24.7. The molecule has 0 spiro atoms. The molecule has 0 fully saturated rings. The number of hydrogen-bond donors (Lipinski definition) is 2. The second-order valence-electron chi connectivity index (χ2n) is 7.32. The molecule has 3 rings (SSSR count).